The van der Waals surface area contributed by atoms with Crippen LogP contribution in [0, 0.1) is 5.82 Å². The van der Waals surface area contributed by atoms with Gasteiger partial charge in [-0.1, -0.05) is 19.1 Å². The zero-order valence-electron chi connectivity index (χ0n) is 18.2. The Balaban J connectivity index is 1.52. The number of rotatable bonds is 6. The van der Waals surface area contributed by atoms with Crippen LogP contribution in [0.5, 0.6) is 0 Å². The van der Waals surface area contributed by atoms with Crippen molar-refractivity contribution in [2.75, 3.05) is 31.1 Å². The number of anilines is 1. The molecule has 0 bridgehead atoms. The van der Waals surface area contributed by atoms with E-state index in [1.807, 2.05) is 31.2 Å². The predicted octanol–water partition coefficient (Wildman–Crippen LogP) is 2.66. The summed E-state index contributed by atoms with van der Waals surface area (Å²) in [5.41, 5.74) is 1.70. The van der Waals surface area contributed by atoms with Crippen LogP contribution in [0.15, 0.2) is 59.7 Å². The van der Waals surface area contributed by atoms with E-state index in [0.29, 0.717) is 43.9 Å². The minimum Gasteiger partial charge on any atom is -0.465 e. The maximum Gasteiger partial charge on any atom is 0.407 e. The smallest absolute Gasteiger partial charge is 0.407 e. The molecule has 0 spiro atoms. The summed E-state index contributed by atoms with van der Waals surface area (Å²) in [5.74, 6) is -0.396. The molecule has 9 nitrogen and oxygen atoms in total. The normalized spacial score (nSPS) is 16.0. The van der Waals surface area contributed by atoms with E-state index in [9.17, 15) is 19.1 Å². The van der Waals surface area contributed by atoms with Gasteiger partial charge in [0.1, 0.15) is 18.2 Å². The van der Waals surface area contributed by atoms with Gasteiger partial charge in [0.25, 0.3) is 0 Å². The molecule has 2 aromatic carbocycles. The van der Waals surface area contributed by atoms with Crippen molar-refractivity contribution in [3.8, 4) is 5.69 Å². The monoisotopic (exact) mass is 455 g/mol. The molecule has 2 heterocycles. The number of aliphatic hydroxyl groups excluding tert-OH is 1. The van der Waals surface area contributed by atoms with Gasteiger partial charge in [0.15, 0.2) is 0 Å². The maximum absolute atomic E-state index is 13.2. The number of benzene rings is 2. The van der Waals surface area contributed by atoms with E-state index in [0.717, 1.165) is 5.69 Å². The Labute approximate surface area is 189 Å². The van der Waals surface area contributed by atoms with Crippen molar-refractivity contribution >= 4 is 11.8 Å². The van der Waals surface area contributed by atoms with Crippen molar-refractivity contribution in [2.24, 2.45) is 0 Å². The van der Waals surface area contributed by atoms with E-state index < -0.39 is 24.1 Å². The summed E-state index contributed by atoms with van der Waals surface area (Å²) >= 11 is 0. The van der Waals surface area contributed by atoms with E-state index in [1.54, 1.807) is 0 Å². The number of carboxylic acid groups (broad SMARTS) is 1. The van der Waals surface area contributed by atoms with Gasteiger partial charge in [-0.2, -0.15) is 5.10 Å². The molecule has 0 saturated carbocycles. The first-order chi connectivity index (χ1) is 15.9. The lowest BCUT2D eigenvalue weighted by atomic mass is 10.0. The zero-order valence-corrected chi connectivity index (χ0v) is 18.2. The zero-order chi connectivity index (χ0) is 23.5. The average molecular weight is 455 g/mol. The van der Waals surface area contributed by atoms with Gasteiger partial charge in [-0.15, -0.1) is 0 Å². The first-order valence-electron chi connectivity index (χ1n) is 10.8. The third-order valence-electron chi connectivity index (χ3n) is 6.05. The number of amides is 1. The third kappa shape index (κ3) is 4.61. The number of nitrogens with zero attached hydrogens (tertiary/aromatic N) is 5. The lowest BCUT2D eigenvalue weighted by Gasteiger charge is -2.34. The van der Waals surface area contributed by atoms with Crippen LogP contribution < -0.4 is 10.6 Å². The number of carbonyl (C=O) groups is 1. The lowest BCUT2D eigenvalue weighted by Crippen LogP contribution is -2.48. The average Bonchev–Trinajstić information content (AvgIpc) is 3.21. The summed E-state index contributed by atoms with van der Waals surface area (Å²) < 4.78 is 15.9. The van der Waals surface area contributed by atoms with Crippen LogP contribution in [0.1, 0.15) is 31.1 Å². The molecule has 2 unspecified atom stereocenters. The minimum atomic E-state index is -1.01. The molecule has 1 fully saturated rings. The molecule has 174 valence electrons. The highest BCUT2D eigenvalue weighted by atomic mass is 19.1. The van der Waals surface area contributed by atoms with Gasteiger partial charge in [0, 0.05) is 31.9 Å². The Morgan fingerprint density at radius 3 is 2.21 bits per heavy atom. The highest BCUT2D eigenvalue weighted by molar-refractivity contribution is 5.65. The fourth-order valence-corrected chi connectivity index (χ4v) is 4.11. The molecule has 1 aromatic heterocycles. The summed E-state index contributed by atoms with van der Waals surface area (Å²) in [6.07, 6.45) is -0.0421. The van der Waals surface area contributed by atoms with Crippen LogP contribution in [0.3, 0.4) is 0 Å². The summed E-state index contributed by atoms with van der Waals surface area (Å²) in [5, 5.41) is 24.1. The fraction of sp³-hybridized carbons (Fsp3) is 0.348. The largest absolute Gasteiger partial charge is 0.465 e. The minimum absolute atomic E-state index is 0.383. The molecule has 1 aliphatic heterocycles. The molecule has 1 saturated heterocycles. The molecule has 1 amide bonds. The van der Waals surface area contributed by atoms with Crippen LogP contribution in [-0.2, 0) is 0 Å². The number of aliphatic hydroxyl groups is 1. The molecule has 4 rings (SSSR count). The van der Waals surface area contributed by atoms with Crippen molar-refractivity contribution in [3.63, 3.8) is 0 Å². The Bertz CT molecular complexity index is 1150. The van der Waals surface area contributed by atoms with E-state index >= 15 is 0 Å². The first kappa shape index (κ1) is 22.5. The summed E-state index contributed by atoms with van der Waals surface area (Å²) in [4.78, 5) is 27.6. The Morgan fingerprint density at radius 2 is 1.64 bits per heavy atom. The van der Waals surface area contributed by atoms with Gasteiger partial charge in [-0.05, 0) is 48.4 Å². The Morgan fingerprint density at radius 1 is 1.03 bits per heavy atom. The molecular formula is C23H26FN5O4. The fourth-order valence-electron chi connectivity index (χ4n) is 4.11. The molecule has 1 aliphatic rings. The highest BCUT2D eigenvalue weighted by Crippen LogP contribution is 2.28. The van der Waals surface area contributed by atoms with E-state index in [1.165, 1.54) is 44.7 Å². The van der Waals surface area contributed by atoms with Crippen molar-refractivity contribution in [1.82, 2.24) is 19.2 Å². The van der Waals surface area contributed by atoms with Crippen LogP contribution >= 0.6 is 0 Å². The van der Waals surface area contributed by atoms with E-state index in [-0.39, 0.29) is 5.69 Å². The standard InChI is InChI=1S/C23H26FN5O4/c1-2-20(21(30)16-3-5-17(24)6-4-16)29-22(31)28(15-25-29)19-9-7-18(8-10-19)26-11-13-27(14-12-26)23(32)33/h3-10,15,20-21,30H,2,11-14H2,1H3,(H,32,33). The lowest BCUT2D eigenvalue weighted by molar-refractivity contribution is 0.101. The number of hydrogen-bond donors (Lipinski definition) is 2. The second-order valence-electron chi connectivity index (χ2n) is 7.97. The predicted molar refractivity (Wildman–Crippen MR) is 120 cm³/mol. The number of hydrogen-bond acceptors (Lipinski definition) is 5. The van der Waals surface area contributed by atoms with E-state index in [2.05, 4.69) is 10.00 Å². The quantitative estimate of drug-likeness (QED) is 0.592. The molecule has 2 atom stereocenters. The van der Waals surface area contributed by atoms with Crippen molar-refractivity contribution < 1.29 is 19.4 Å². The molecule has 10 heteroatoms. The second kappa shape index (κ2) is 9.45. The maximum atomic E-state index is 13.2. The summed E-state index contributed by atoms with van der Waals surface area (Å²) in [6, 6.07) is 12.3. The molecule has 0 radical (unpaired) electrons. The topological polar surface area (TPSA) is 104 Å². The van der Waals surface area contributed by atoms with Crippen molar-refractivity contribution in [1.29, 1.82) is 0 Å². The van der Waals surface area contributed by atoms with Crippen LogP contribution in [0.25, 0.3) is 5.69 Å². The molecule has 33 heavy (non-hydrogen) atoms. The van der Waals surface area contributed by atoms with Gasteiger partial charge >= 0.3 is 11.8 Å². The SMILES string of the molecule is CCC(C(O)c1ccc(F)cc1)n1ncn(-c2ccc(N3CCN(C(=O)O)CC3)cc2)c1=O. The summed E-state index contributed by atoms with van der Waals surface area (Å²) in [6.45, 7) is 3.93. The number of piperazine rings is 1. The Hall–Kier alpha value is -3.66. The molecule has 2 N–H and O–H groups in total. The van der Waals surface area contributed by atoms with Gasteiger partial charge in [-0.3, -0.25) is 0 Å². The third-order valence-corrected chi connectivity index (χ3v) is 6.05. The van der Waals surface area contributed by atoms with Gasteiger partial charge in [0.2, 0.25) is 0 Å². The summed E-state index contributed by atoms with van der Waals surface area (Å²) in [7, 11) is 0. The first-order valence-corrected chi connectivity index (χ1v) is 10.8. The molecular weight excluding hydrogens is 429 g/mol. The number of halogens is 1. The van der Waals surface area contributed by atoms with E-state index in [4.69, 9.17) is 5.11 Å². The van der Waals surface area contributed by atoms with Crippen LogP contribution in [-0.4, -0.2) is 61.7 Å². The van der Waals surface area contributed by atoms with Crippen LogP contribution in [0.2, 0.25) is 0 Å². The Kier molecular flexibility index (Phi) is 6.45. The highest BCUT2D eigenvalue weighted by Gasteiger charge is 2.25. The van der Waals surface area contributed by atoms with Crippen molar-refractivity contribution in [2.45, 2.75) is 25.5 Å². The van der Waals surface area contributed by atoms with Gasteiger partial charge in [-0.25, -0.2) is 23.2 Å². The molecule has 0 aliphatic carbocycles. The van der Waals surface area contributed by atoms with Gasteiger partial charge in [0.05, 0.1) is 11.7 Å². The van der Waals surface area contributed by atoms with Gasteiger partial charge < -0.3 is 20.0 Å². The van der Waals surface area contributed by atoms with Crippen LogP contribution in [0.4, 0.5) is 14.9 Å². The van der Waals surface area contributed by atoms with Crippen molar-refractivity contribution in [3.05, 3.63) is 76.7 Å². The molecule has 3 aromatic rings. The second-order valence-corrected chi connectivity index (χ2v) is 7.97. The number of aromatic nitrogens is 3.